The maximum absolute atomic E-state index is 14.2. The third-order valence-electron chi connectivity index (χ3n) is 7.07. The lowest BCUT2D eigenvalue weighted by Crippen LogP contribution is -2.60. The van der Waals surface area contributed by atoms with Crippen molar-refractivity contribution in [2.45, 2.75) is 12.5 Å². The van der Waals surface area contributed by atoms with Gasteiger partial charge in [0.15, 0.2) is 0 Å². The number of halogens is 1. The molecule has 1 unspecified atom stereocenters. The first kappa shape index (κ1) is 27.1. The molecule has 0 saturated carbocycles. The Kier molecular flexibility index (Phi) is 8.56. The van der Waals surface area contributed by atoms with E-state index >= 15 is 0 Å². The third-order valence-corrected chi connectivity index (χ3v) is 7.07. The van der Waals surface area contributed by atoms with Gasteiger partial charge in [-0.1, -0.05) is 30.3 Å². The number of amides is 3. The van der Waals surface area contributed by atoms with Gasteiger partial charge in [0, 0.05) is 45.0 Å². The second-order valence-electron chi connectivity index (χ2n) is 9.80. The quantitative estimate of drug-likeness (QED) is 0.452. The zero-order valence-electron chi connectivity index (χ0n) is 22.1. The number of nitrogens with one attached hydrogen (secondary N) is 2. The van der Waals surface area contributed by atoms with Gasteiger partial charge in [-0.3, -0.25) is 19.3 Å². The number of para-hydroxylation sites is 2. The maximum atomic E-state index is 14.2. The number of carbonyl (C=O) groups is 3. The van der Waals surface area contributed by atoms with Crippen LogP contribution in [0.3, 0.4) is 0 Å². The molecule has 2 fully saturated rings. The van der Waals surface area contributed by atoms with Gasteiger partial charge in [0.1, 0.15) is 23.4 Å². The highest BCUT2D eigenvalue weighted by Gasteiger charge is 2.35. The summed E-state index contributed by atoms with van der Waals surface area (Å²) in [4.78, 5) is 44.2. The van der Waals surface area contributed by atoms with Crippen LogP contribution in [-0.4, -0.2) is 79.4 Å². The average molecular weight is 546 g/mol. The van der Waals surface area contributed by atoms with Gasteiger partial charge in [0.2, 0.25) is 17.7 Å². The van der Waals surface area contributed by atoms with Crippen molar-refractivity contribution < 1.29 is 23.5 Å². The molecule has 5 rings (SSSR count). The maximum Gasteiger partial charge on any atom is 0.243 e. The van der Waals surface area contributed by atoms with E-state index in [1.807, 2.05) is 46.2 Å². The molecule has 40 heavy (non-hydrogen) atoms. The smallest absolute Gasteiger partial charge is 0.243 e. The predicted molar refractivity (Wildman–Crippen MR) is 150 cm³/mol. The van der Waals surface area contributed by atoms with Crippen LogP contribution in [0.5, 0.6) is 11.5 Å². The molecule has 3 aromatic rings. The first-order chi connectivity index (χ1) is 19.5. The van der Waals surface area contributed by atoms with E-state index in [1.165, 1.54) is 11.0 Å². The number of benzene rings is 3. The van der Waals surface area contributed by atoms with Gasteiger partial charge in [-0.15, -0.1) is 0 Å². The molecule has 2 heterocycles. The first-order valence-corrected chi connectivity index (χ1v) is 13.4. The van der Waals surface area contributed by atoms with Crippen LogP contribution >= 0.6 is 0 Å². The van der Waals surface area contributed by atoms with E-state index in [0.29, 0.717) is 62.1 Å². The van der Waals surface area contributed by atoms with Crippen molar-refractivity contribution in [3.63, 3.8) is 0 Å². The minimum absolute atomic E-state index is 0.138. The van der Waals surface area contributed by atoms with Crippen molar-refractivity contribution in [1.82, 2.24) is 15.1 Å². The SMILES string of the molecule is O=C(CC1C(=O)NCCN1C(=O)CN1CCN(c2ccccc2F)CC1)Nc1ccc(Oc2ccccc2)cc1. The standard InChI is InChI=1S/C30H32FN5O4/c31-25-8-4-5-9-26(25)35-18-16-34(17-19-35)21-29(38)36-15-14-32-30(39)27(36)20-28(37)33-22-10-12-24(13-11-22)40-23-6-2-1-3-7-23/h1-13,27H,14-21H2,(H,32,39)(H,33,37). The molecule has 2 aliphatic rings. The molecule has 3 aromatic carbocycles. The van der Waals surface area contributed by atoms with Gasteiger partial charge < -0.3 is 25.2 Å². The first-order valence-electron chi connectivity index (χ1n) is 13.4. The van der Waals surface area contributed by atoms with Crippen LogP contribution in [0.2, 0.25) is 0 Å². The highest BCUT2D eigenvalue weighted by molar-refractivity contribution is 5.97. The number of hydrogen-bond donors (Lipinski definition) is 2. The Hall–Kier alpha value is -4.44. The monoisotopic (exact) mass is 545 g/mol. The number of piperazine rings is 2. The summed E-state index contributed by atoms with van der Waals surface area (Å²) in [6.45, 7) is 3.19. The molecule has 0 aliphatic carbocycles. The van der Waals surface area contributed by atoms with Crippen LogP contribution in [0.1, 0.15) is 6.42 Å². The van der Waals surface area contributed by atoms with Crippen molar-refractivity contribution in [1.29, 1.82) is 0 Å². The van der Waals surface area contributed by atoms with E-state index in [-0.39, 0.29) is 36.5 Å². The summed E-state index contributed by atoms with van der Waals surface area (Å²) in [5.41, 5.74) is 1.12. The summed E-state index contributed by atoms with van der Waals surface area (Å²) in [5.74, 6) is 0.167. The topological polar surface area (TPSA) is 94.2 Å². The average Bonchev–Trinajstić information content (AvgIpc) is 2.96. The molecule has 0 radical (unpaired) electrons. The third kappa shape index (κ3) is 6.76. The molecular weight excluding hydrogens is 513 g/mol. The fraction of sp³-hybridized carbons (Fsp3) is 0.300. The fourth-order valence-electron chi connectivity index (χ4n) is 4.97. The van der Waals surface area contributed by atoms with Crippen LogP contribution in [-0.2, 0) is 14.4 Å². The van der Waals surface area contributed by atoms with E-state index in [2.05, 4.69) is 10.6 Å². The Bertz CT molecular complexity index is 1330. The number of anilines is 2. The Balaban J connectivity index is 1.13. The number of ether oxygens (including phenoxy) is 1. The molecule has 0 bridgehead atoms. The highest BCUT2D eigenvalue weighted by atomic mass is 19.1. The lowest BCUT2D eigenvalue weighted by molar-refractivity contribution is -0.145. The van der Waals surface area contributed by atoms with E-state index in [0.717, 1.165) is 0 Å². The van der Waals surface area contributed by atoms with Gasteiger partial charge in [-0.05, 0) is 48.5 Å². The summed E-state index contributed by atoms with van der Waals surface area (Å²) < 4.78 is 19.9. The minimum atomic E-state index is -0.887. The summed E-state index contributed by atoms with van der Waals surface area (Å²) in [6, 6.07) is 22.1. The normalized spacial score (nSPS) is 17.7. The van der Waals surface area contributed by atoms with Crippen molar-refractivity contribution in [2.24, 2.45) is 0 Å². The minimum Gasteiger partial charge on any atom is -0.457 e. The molecule has 1 atom stereocenters. The van der Waals surface area contributed by atoms with Crippen molar-refractivity contribution in [3.8, 4) is 11.5 Å². The Morgan fingerprint density at radius 1 is 0.875 bits per heavy atom. The molecular formula is C30H32FN5O4. The van der Waals surface area contributed by atoms with E-state index in [1.54, 1.807) is 36.4 Å². The van der Waals surface area contributed by atoms with Crippen LogP contribution < -0.4 is 20.3 Å². The molecule has 9 nitrogen and oxygen atoms in total. The van der Waals surface area contributed by atoms with Crippen molar-refractivity contribution in [2.75, 3.05) is 56.0 Å². The molecule has 2 N–H and O–H groups in total. The molecule has 2 aliphatic heterocycles. The van der Waals surface area contributed by atoms with Crippen LogP contribution in [0.15, 0.2) is 78.9 Å². The summed E-state index contributed by atoms with van der Waals surface area (Å²) in [6.07, 6.45) is -0.152. The Morgan fingerprint density at radius 3 is 2.27 bits per heavy atom. The number of carbonyl (C=O) groups excluding carboxylic acids is 3. The van der Waals surface area contributed by atoms with Crippen molar-refractivity contribution in [3.05, 3.63) is 84.7 Å². The van der Waals surface area contributed by atoms with Crippen molar-refractivity contribution >= 4 is 29.1 Å². The van der Waals surface area contributed by atoms with Crippen LogP contribution in [0.25, 0.3) is 0 Å². The zero-order chi connectivity index (χ0) is 27.9. The fourth-order valence-corrected chi connectivity index (χ4v) is 4.97. The van der Waals surface area contributed by atoms with E-state index < -0.39 is 6.04 Å². The Morgan fingerprint density at radius 2 is 1.55 bits per heavy atom. The lowest BCUT2D eigenvalue weighted by atomic mass is 10.1. The van der Waals surface area contributed by atoms with Crippen LogP contribution in [0, 0.1) is 5.82 Å². The predicted octanol–water partition coefficient (Wildman–Crippen LogP) is 3.10. The lowest BCUT2D eigenvalue weighted by Gasteiger charge is -2.39. The molecule has 208 valence electrons. The highest BCUT2D eigenvalue weighted by Crippen LogP contribution is 2.23. The summed E-state index contributed by atoms with van der Waals surface area (Å²) >= 11 is 0. The largest absolute Gasteiger partial charge is 0.457 e. The number of nitrogens with zero attached hydrogens (tertiary/aromatic N) is 3. The zero-order valence-corrected chi connectivity index (χ0v) is 22.1. The molecule has 2 saturated heterocycles. The molecule has 10 heteroatoms. The van der Waals surface area contributed by atoms with Gasteiger partial charge in [-0.2, -0.15) is 0 Å². The van der Waals surface area contributed by atoms with Gasteiger partial charge in [-0.25, -0.2) is 4.39 Å². The molecule has 3 amide bonds. The van der Waals surface area contributed by atoms with Gasteiger partial charge >= 0.3 is 0 Å². The second-order valence-corrected chi connectivity index (χ2v) is 9.80. The van der Waals surface area contributed by atoms with Crippen LogP contribution in [0.4, 0.5) is 15.8 Å². The summed E-state index contributed by atoms with van der Waals surface area (Å²) in [7, 11) is 0. The van der Waals surface area contributed by atoms with E-state index in [4.69, 9.17) is 4.74 Å². The number of rotatable bonds is 8. The second kappa shape index (κ2) is 12.6. The van der Waals surface area contributed by atoms with Gasteiger partial charge in [0.05, 0.1) is 18.7 Å². The Labute approximate surface area is 232 Å². The molecule has 0 spiro atoms. The van der Waals surface area contributed by atoms with Gasteiger partial charge in [0.25, 0.3) is 0 Å². The van der Waals surface area contributed by atoms with E-state index in [9.17, 15) is 18.8 Å². The number of hydrogen-bond acceptors (Lipinski definition) is 6. The summed E-state index contributed by atoms with van der Waals surface area (Å²) in [5, 5.41) is 5.57. The molecule has 0 aromatic heterocycles.